The van der Waals surface area contributed by atoms with Gasteiger partial charge >= 0.3 is 0 Å². The third-order valence-corrected chi connectivity index (χ3v) is 10.2. The van der Waals surface area contributed by atoms with Crippen molar-refractivity contribution < 1.29 is 12.8 Å². The summed E-state index contributed by atoms with van der Waals surface area (Å²) in [5, 5.41) is 10.2. The van der Waals surface area contributed by atoms with Crippen molar-refractivity contribution in [3.05, 3.63) is 28.3 Å². The molecular weight excluding hydrogens is 455 g/mol. The van der Waals surface area contributed by atoms with Gasteiger partial charge in [0, 0.05) is 30.9 Å². The number of aryl methyl sites for hydroxylation is 2. The smallest absolute Gasteiger partial charge is 0.278 e. The Balaban J connectivity index is 1.19. The van der Waals surface area contributed by atoms with Gasteiger partial charge in [0.05, 0.1) is 0 Å². The molecule has 0 amide bonds. The SMILES string of the molecule is O=S(=O)(c1nc(Nc2c3c(cc4c2CCC4)CCC3)n[nH]1)N1CCC2(CCCN2CCF)CC1. The average Bonchev–Trinajstić information content (AvgIpc) is 3.62. The highest BCUT2D eigenvalue weighted by molar-refractivity contribution is 7.88. The number of sulfonamides is 1. The maximum absolute atomic E-state index is 13.3. The fourth-order valence-corrected chi connectivity index (χ4v) is 8.04. The number of rotatable bonds is 6. The first-order valence-corrected chi connectivity index (χ1v) is 14.1. The first-order valence-electron chi connectivity index (χ1n) is 12.7. The predicted octanol–water partition coefficient (Wildman–Crippen LogP) is 3.11. The van der Waals surface area contributed by atoms with Crippen LogP contribution in [-0.4, -0.2) is 71.2 Å². The molecular formula is C24H33FN6O2S. The van der Waals surface area contributed by atoms with Crippen LogP contribution in [0.25, 0.3) is 0 Å². The summed E-state index contributed by atoms with van der Waals surface area (Å²) < 4.78 is 41.2. The van der Waals surface area contributed by atoms with E-state index < -0.39 is 10.0 Å². The Labute approximate surface area is 200 Å². The second-order valence-corrected chi connectivity index (χ2v) is 12.1. The Morgan fingerprint density at radius 1 is 1.00 bits per heavy atom. The zero-order valence-electron chi connectivity index (χ0n) is 19.6. The molecule has 0 unspecified atom stereocenters. The van der Waals surface area contributed by atoms with E-state index in [-0.39, 0.29) is 17.4 Å². The molecule has 3 heterocycles. The van der Waals surface area contributed by atoms with Crippen LogP contribution in [0.2, 0.25) is 0 Å². The van der Waals surface area contributed by atoms with Gasteiger partial charge in [-0.1, -0.05) is 6.07 Å². The number of alkyl halides is 1. The number of nitrogens with zero attached hydrogens (tertiary/aromatic N) is 4. The largest absolute Gasteiger partial charge is 0.322 e. The molecule has 2 aliphatic carbocycles. The number of likely N-dealkylation sites (tertiary alicyclic amines) is 1. The van der Waals surface area contributed by atoms with Gasteiger partial charge in [0.2, 0.25) is 5.95 Å². The van der Waals surface area contributed by atoms with Crippen molar-refractivity contribution in [2.24, 2.45) is 0 Å². The highest BCUT2D eigenvalue weighted by Crippen LogP contribution is 2.41. The van der Waals surface area contributed by atoms with Crippen LogP contribution in [0.1, 0.15) is 60.8 Å². The third-order valence-electron chi connectivity index (χ3n) is 8.51. The Kier molecular flexibility index (Phi) is 5.65. The zero-order chi connectivity index (χ0) is 23.3. The van der Waals surface area contributed by atoms with E-state index in [1.54, 1.807) is 0 Å². The second-order valence-electron chi connectivity index (χ2n) is 10.2. The van der Waals surface area contributed by atoms with Crippen LogP contribution >= 0.6 is 0 Å². The summed E-state index contributed by atoms with van der Waals surface area (Å²) in [6, 6.07) is 2.37. The van der Waals surface area contributed by atoms with Gasteiger partial charge in [0.25, 0.3) is 15.2 Å². The highest BCUT2D eigenvalue weighted by Gasteiger charge is 2.45. The lowest BCUT2D eigenvalue weighted by Crippen LogP contribution is -2.53. The first-order chi connectivity index (χ1) is 16.5. The minimum atomic E-state index is -3.76. The maximum Gasteiger partial charge on any atom is 0.278 e. The van der Waals surface area contributed by atoms with Crippen molar-refractivity contribution in [1.82, 2.24) is 24.4 Å². The molecule has 2 aromatic rings. The summed E-state index contributed by atoms with van der Waals surface area (Å²) in [5.41, 5.74) is 6.53. The molecule has 1 spiro atoms. The fourth-order valence-electron chi connectivity index (χ4n) is 6.77. The Bertz CT molecular complexity index is 1160. The molecule has 184 valence electrons. The minimum Gasteiger partial charge on any atom is -0.322 e. The molecule has 2 N–H and O–H groups in total. The van der Waals surface area contributed by atoms with Crippen molar-refractivity contribution in [1.29, 1.82) is 0 Å². The normalized spacial score (nSPS) is 22.4. The van der Waals surface area contributed by atoms with E-state index in [9.17, 15) is 12.8 Å². The molecule has 0 atom stereocenters. The Morgan fingerprint density at radius 3 is 2.38 bits per heavy atom. The van der Waals surface area contributed by atoms with E-state index in [0.29, 0.717) is 25.6 Å². The van der Waals surface area contributed by atoms with Crippen molar-refractivity contribution >= 4 is 21.7 Å². The molecule has 6 rings (SSSR count). The van der Waals surface area contributed by atoms with Crippen LogP contribution < -0.4 is 5.32 Å². The van der Waals surface area contributed by atoms with Gasteiger partial charge < -0.3 is 5.32 Å². The van der Waals surface area contributed by atoms with Crippen LogP contribution in [-0.2, 0) is 35.7 Å². The van der Waals surface area contributed by atoms with Crippen LogP contribution in [0.5, 0.6) is 0 Å². The van der Waals surface area contributed by atoms with Crippen LogP contribution in [0, 0.1) is 0 Å². The number of hydrogen-bond donors (Lipinski definition) is 2. The van der Waals surface area contributed by atoms with Gasteiger partial charge in [-0.2, -0.15) is 9.29 Å². The molecule has 0 bridgehead atoms. The summed E-state index contributed by atoms with van der Waals surface area (Å²) in [7, 11) is -3.76. The lowest BCUT2D eigenvalue weighted by atomic mass is 9.86. The molecule has 0 radical (unpaired) electrons. The number of fused-ring (bicyclic) bond motifs is 2. The number of piperidine rings is 1. The quantitative estimate of drug-likeness (QED) is 0.649. The number of anilines is 2. The zero-order valence-corrected chi connectivity index (χ0v) is 20.4. The monoisotopic (exact) mass is 488 g/mol. The summed E-state index contributed by atoms with van der Waals surface area (Å²) in [4.78, 5) is 6.60. The number of benzene rings is 1. The summed E-state index contributed by atoms with van der Waals surface area (Å²) in [6.07, 6.45) is 10.1. The van der Waals surface area contributed by atoms with Gasteiger partial charge in [0.1, 0.15) is 6.67 Å². The second kappa shape index (κ2) is 8.57. The van der Waals surface area contributed by atoms with Gasteiger partial charge in [-0.3, -0.25) is 4.90 Å². The molecule has 0 saturated carbocycles. The molecule has 2 aliphatic heterocycles. The van der Waals surface area contributed by atoms with Crippen molar-refractivity contribution in [3.8, 4) is 0 Å². The van der Waals surface area contributed by atoms with E-state index >= 15 is 0 Å². The van der Waals surface area contributed by atoms with Gasteiger partial charge in [0.15, 0.2) is 0 Å². The molecule has 1 aromatic carbocycles. The lowest BCUT2D eigenvalue weighted by molar-refractivity contribution is 0.0728. The molecule has 4 aliphatic rings. The van der Waals surface area contributed by atoms with E-state index in [4.69, 9.17) is 0 Å². The van der Waals surface area contributed by atoms with Crippen LogP contribution in [0.15, 0.2) is 11.2 Å². The Morgan fingerprint density at radius 2 is 1.71 bits per heavy atom. The summed E-state index contributed by atoms with van der Waals surface area (Å²) in [5.74, 6) is 0.311. The highest BCUT2D eigenvalue weighted by atomic mass is 32.2. The molecule has 2 saturated heterocycles. The van der Waals surface area contributed by atoms with E-state index in [0.717, 1.165) is 76.4 Å². The molecule has 8 nitrogen and oxygen atoms in total. The minimum absolute atomic E-state index is 0.0553. The fraction of sp³-hybridized carbons (Fsp3) is 0.667. The van der Waals surface area contributed by atoms with Crippen molar-refractivity contribution in [2.75, 3.05) is 38.2 Å². The molecule has 34 heavy (non-hydrogen) atoms. The standard InChI is InChI=1S/C24H33FN6O2S/c25-11-15-30-12-3-8-24(30)9-13-31(14-10-24)34(32,33)23-27-22(28-29-23)26-21-19-6-1-4-17(19)16-18-5-2-7-20(18)21/h16H,1-15H2,(H2,26,27,28,29). The number of H-pyrrole nitrogens is 1. The van der Waals surface area contributed by atoms with E-state index in [1.165, 1.54) is 26.6 Å². The van der Waals surface area contributed by atoms with Gasteiger partial charge in [-0.05, 0) is 93.0 Å². The third kappa shape index (κ3) is 3.65. The first kappa shape index (κ1) is 22.4. The van der Waals surface area contributed by atoms with E-state index in [1.807, 2.05) is 0 Å². The van der Waals surface area contributed by atoms with Gasteiger partial charge in [-0.25, -0.2) is 17.9 Å². The number of halogens is 1. The number of hydrogen-bond acceptors (Lipinski definition) is 6. The molecule has 1 aromatic heterocycles. The number of aromatic amines is 1. The van der Waals surface area contributed by atoms with E-state index in [2.05, 4.69) is 31.5 Å². The van der Waals surface area contributed by atoms with Gasteiger partial charge in [-0.15, -0.1) is 5.10 Å². The lowest BCUT2D eigenvalue weighted by Gasteiger charge is -2.44. The molecule has 10 heteroatoms. The number of aromatic nitrogens is 3. The molecule has 2 fully saturated rings. The topological polar surface area (TPSA) is 94.2 Å². The predicted molar refractivity (Wildman–Crippen MR) is 128 cm³/mol. The summed E-state index contributed by atoms with van der Waals surface area (Å²) in [6.45, 7) is 1.84. The van der Waals surface area contributed by atoms with Crippen molar-refractivity contribution in [3.63, 3.8) is 0 Å². The summed E-state index contributed by atoms with van der Waals surface area (Å²) >= 11 is 0. The van der Waals surface area contributed by atoms with Crippen LogP contribution in [0.4, 0.5) is 16.0 Å². The van der Waals surface area contributed by atoms with Crippen molar-refractivity contribution in [2.45, 2.75) is 74.9 Å². The average molecular weight is 489 g/mol. The maximum atomic E-state index is 13.3. The Hall–Kier alpha value is -2.04. The van der Waals surface area contributed by atoms with Crippen LogP contribution in [0.3, 0.4) is 0 Å². The number of nitrogens with one attached hydrogen (secondary N) is 2.